The highest BCUT2D eigenvalue weighted by Crippen LogP contribution is 2.31. The Morgan fingerprint density at radius 3 is 2.11 bits per heavy atom. The van der Waals surface area contributed by atoms with Crippen molar-refractivity contribution in [1.82, 2.24) is 0 Å². The van der Waals surface area contributed by atoms with Crippen molar-refractivity contribution in [1.29, 1.82) is 0 Å². The van der Waals surface area contributed by atoms with E-state index in [1.807, 2.05) is 13.8 Å². The molecule has 0 aromatic heterocycles. The molecule has 2 rings (SSSR count). The lowest BCUT2D eigenvalue weighted by molar-refractivity contribution is 0.263. The first-order valence-corrected chi connectivity index (χ1v) is 7.60. The van der Waals surface area contributed by atoms with Crippen molar-refractivity contribution >= 4 is 21.8 Å². The van der Waals surface area contributed by atoms with Gasteiger partial charge in [-0.3, -0.25) is 0 Å². The van der Waals surface area contributed by atoms with Gasteiger partial charge in [0.05, 0.1) is 11.0 Å². The van der Waals surface area contributed by atoms with Crippen molar-refractivity contribution < 1.29 is 4.74 Å². The Bertz CT molecular complexity index is 446. The first-order valence-electron chi connectivity index (χ1n) is 6.80. The second-order valence-electron chi connectivity index (χ2n) is 5.65. The smallest absolute Gasteiger partial charge is 0.194 e. The van der Waals surface area contributed by atoms with Gasteiger partial charge in [-0.15, -0.1) is 0 Å². The Labute approximate surface area is 125 Å². The normalized spacial score (nSPS) is 17.1. The maximum absolute atomic E-state index is 5.76. The number of benzene rings is 1. The Morgan fingerprint density at radius 2 is 1.68 bits per heavy atom. The summed E-state index contributed by atoms with van der Waals surface area (Å²) in [7, 11) is 0. The molecule has 1 aromatic rings. The van der Waals surface area contributed by atoms with Gasteiger partial charge < -0.3 is 4.74 Å². The number of aliphatic imine (C=N–C) groups is 1. The van der Waals surface area contributed by atoms with E-state index in [0.29, 0.717) is 6.61 Å². The van der Waals surface area contributed by atoms with Crippen LogP contribution in [0.3, 0.4) is 0 Å². The zero-order valence-electron chi connectivity index (χ0n) is 12.7. The molecule has 0 fully saturated rings. The zero-order valence-corrected chi connectivity index (χ0v) is 14.3. The van der Waals surface area contributed by atoms with Crippen molar-refractivity contribution in [3.8, 4) is 0 Å². The molecule has 19 heavy (non-hydrogen) atoms. The highest BCUT2D eigenvalue weighted by atomic mass is 79.9. The number of halogens is 1. The first kappa shape index (κ1) is 16.2. The summed E-state index contributed by atoms with van der Waals surface area (Å²) in [5, 5.41) is 0. The summed E-state index contributed by atoms with van der Waals surface area (Å²) < 4.78 is 6.85. The predicted octanol–water partition coefficient (Wildman–Crippen LogP) is 4.96. The van der Waals surface area contributed by atoms with Crippen LogP contribution in [0, 0.1) is 0 Å². The van der Waals surface area contributed by atoms with Crippen LogP contribution >= 0.6 is 15.9 Å². The van der Waals surface area contributed by atoms with Gasteiger partial charge in [0.1, 0.15) is 6.61 Å². The largest absolute Gasteiger partial charge is 0.478 e. The Hall–Kier alpha value is -0.830. The first-order chi connectivity index (χ1) is 8.81. The van der Waals surface area contributed by atoms with E-state index in [2.05, 4.69) is 72.9 Å². The van der Waals surface area contributed by atoms with Crippen molar-refractivity contribution in [2.75, 3.05) is 6.61 Å². The van der Waals surface area contributed by atoms with E-state index in [1.165, 1.54) is 5.56 Å². The van der Waals surface area contributed by atoms with Crippen molar-refractivity contribution in [2.45, 2.75) is 52.5 Å². The summed E-state index contributed by atoms with van der Waals surface area (Å²) in [6.07, 6.45) is 0. The fourth-order valence-electron chi connectivity index (χ4n) is 1.89. The highest BCUT2D eigenvalue weighted by molar-refractivity contribution is 9.10. The van der Waals surface area contributed by atoms with Crippen LogP contribution in [0.2, 0.25) is 0 Å². The fraction of sp³-hybridized carbons (Fsp3) is 0.562. The number of hydrogen-bond donors (Lipinski definition) is 0. The molecule has 0 radical (unpaired) electrons. The van der Waals surface area contributed by atoms with Crippen LogP contribution in [0.15, 0.2) is 33.7 Å². The topological polar surface area (TPSA) is 21.6 Å². The maximum Gasteiger partial charge on any atom is 0.194 e. The predicted molar refractivity (Wildman–Crippen MR) is 86.0 cm³/mol. The molecular weight excluding hydrogens is 302 g/mol. The van der Waals surface area contributed by atoms with E-state index in [1.54, 1.807) is 0 Å². The van der Waals surface area contributed by atoms with Gasteiger partial charge in [0.15, 0.2) is 5.90 Å². The van der Waals surface area contributed by atoms with Gasteiger partial charge in [0, 0.05) is 4.47 Å². The monoisotopic (exact) mass is 325 g/mol. The van der Waals surface area contributed by atoms with Crippen LogP contribution in [0.4, 0.5) is 0 Å². The molecule has 0 N–H and O–H groups in total. The molecule has 0 spiro atoms. The van der Waals surface area contributed by atoms with E-state index in [-0.39, 0.29) is 11.0 Å². The van der Waals surface area contributed by atoms with Crippen LogP contribution in [0.25, 0.3) is 0 Å². The van der Waals surface area contributed by atoms with Crippen LogP contribution in [-0.2, 0) is 10.2 Å². The molecule has 2 nitrogen and oxygen atoms in total. The molecule has 1 aromatic carbocycles. The Kier molecular flexibility index (Phi) is 5.19. The van der Waals surface area contributed by atoms with Gasteiger partial charge >= 0.3 is 0 Å². The number of nitrogens with zero attached hydrogens (tertiary/aromatic N) is 1. The minimum absolute atomic E-state index is 0.0953. The number of rotatable bonds is 2. The van der Waals surface area contributed by atoms with E-state index in [9.17, 15) is 0 Å². The summed E-state index contributed by atoms with van der Waals surface area (Å²) in [6, 6.07) is 8.33. The molecule has 3 heteroatoms. The summed E-state index contributed by atoms with van der Waals surface area (Å²) in [6.45, 7) is 13.2. The van der Waals surface area contributed by atoms with Gasteiger partial charge in [0.2, 0.25) is 0 Å². The molecule has 0 saturated heterocycles. The van der Waals surface area contributed by atoms with E-state index < -0.39 is 0 Å². The van der Waals surface area contributed by atoms with E-state index >= 15 is 0 Å². The molecule has 0 bridgehead atoms. The second kappa shape index (κ2) is 6.08. The third-order valence-electron chi connectivity index (χ3n) is 3.07. The van der Waals surface area contributed by atoms with Gasteiger partial charge in [-0.05, 0) is 45.4 Å². The average Bonchev–Trinajstić information content (AvgIpc) is 2.73. The van der Waals surface area contributed by atoms with Crippen LogP contribution in [0.5, 0.6) is 0 Å². The zero-order chi connectivity index (χ0) is 14.7. The molecule has 1 aliphatic heterocycles. The Morgan fingerprint density at radius 1 is 1.16 bits per heavy atom. The van der Waals surface area contributed by atoms with Gasteiger partial charge in [-0.2, -0.15) is 0 Å². The lowest BCUT2D eigenvalue weighted by atomic mass is 9.84. The summed E-state index contributed by atoms with van der Waals surface area (Å²) in [5.41, 5.74) is 0.952. The van der Waals surface area contributed by atoms with Gasteiger partial charge in [0.25, 0.3) is 0 Å². The third-order valence-corrected chi connectivity index (χ3v) is 3.60. The Balaban J connectivity index is 0.000000861. The number of ether oxygens (including phenoxy) is 1. The van der Waals surface area contributed by atoms with Gasteiger partial charge in [-0.25, -0.2) is 4.99 Å². The lowest BCUT2D eigenvalue weighted by Crippen LogP contribution is -2.29. The van der Waals surface area contributed by atoms with E-state index in [0.717, 1.165) is 10.4 Å². The number of hydrogen-bond acceptors (Lipinski definition) is 2. The molecule has 1 aliphatic rings. The van der Waals surface area contributed by atoms with Crippen molar-refractivity contribution in [3.05, 3.63) is 34.3 Å². The van der Waals surface area contributed by atoms with Gasteiger partial charge in [-0.1, -0.05) is 41.9 Å². The van der Waals surface area contributed by atoms with Crippen molar-refractivity contribution in [2.24, 2.45) is 4.99 Å². The molecule has 0 amide bonds. The molecule has 1 heterocycles. The SMILES string of the molecule is CC.CC1(C)COC(C(C)(C)c2ccc(Br)cc2)=N1. The average molecular weight is 326 g/mol. The lowest BCUT2D eigenvalue weighted by Gasteiger charge is -2.24. The second-order valence-corrected chi connectivity index (χ2v) is 6.57. The van der Waals surface area contributed by atoms with Crippen LogP contribution in [0.1, 0.15) is 47.1 Å². The van der Waals surface area contributed by atoms with Crippen LogP contribution in [-0.4, -0.2) is 18.0 Å². The van der Waals surface area contributed by atoms with E-state index in [4.69, 9.17) is 4.74 Å². The molecular formula is C16H24BrNO. The highest BCUT2D eigenvalue weighted by Gasteiger charge is 2.36. The quantitative estimate of drug-likeness (QED) is 0.753. The molecule has 0 atom stereocenters. The molecule has 106 valence electrons. The molecule has 0 aliphatic carbocycles. The molecule has 0 saturated carbocycles. The summed E-state index contributed by atoms with van der Waals surface area (Å²) in [4.78, 5) is 4.67. The third kappa shape index (κ3) is 3.82. The van der Waals surface area contributed by atoms with Crippen LogP contribution < -0.4 is 0 Å². The fourth-order valence-corrected chi connectivity index (χ4v) is 2.16. The minimum atomic E-state index is -0.172. The summed E-state index contributed by atoms with van der Waals surface area (Å²) >= 11 is 3.45. The minimum Gasteiger partial charge on any atom is -0.478 e. The van der Waals surface area contributed by atoms with Crippen molar-refractivity contribution in [3.63, 3.8) is 0 Å². The summed E-state index contributed by atoms with van der Waals surface area (Å²) in [5.74, 6) is 0.838. The standard InChI is InChI=1S/C14H18BrNO.C2H6/c1-13(2)9-17-12(16-13)14(3,4)10-5-7-11(15)8-6-10;1-2/h5-8H,9H2,1-4H3;1-2H3. The molecule has 0 unspecified atom stereocenters. The maximum atomic E-state index is 5.76.